The first-order valence-corrected chi connectivity index (χ1v) is 12.1. The van der Waals surface area contributed by atoms with E-state index in [1.165, 1.54) is 5.56 Å². The fourth-order valence-electron chi connectivity index (χ4n) is 4.64. The zero-order chi connectivity index (χ0) is 25.2. The lowest BCUT2D eigenvalue weighted by Crippen LogP contribution is -2.55. The maximum absolute atomic E-state index is 13.4. The minimum atomic E-state index is -0.608. The maximum atomic E-state index is 13.4. The molecule has 0 saturated carbocycles. The molecule has 4 rings (SSSR count). The van der Waals surface area contributed by atoms with E-state index in [2.05, 4.69) is 61.0 Å². The van der Waals surface area contributed by atoms with Crippen LogP contribution in [0, 0.1) is 0 Å². The minimum absolute atomic E-state index is 0.106. The van der Waals surface area contributed by atoms with Gasteiger partial charge in [-0.3, -0.25) is 14.4 Å². The van der Waals surface area contributed by atoms with Crippen LogP contribution in [0.3, 0.4) is 0 Å². The summed E-state index contributed by atoms with van der Waals surface area (Å²) in [6, 6.07) is 13.2. The van der Waals surface area contributed by atoms with Crippen molar-refractivity contribution in [2.45, 2.75) is 51.1 Å². The third kappa shape index (κ3) is 5.62. The molecule has 3 amide bonds. The highest BCUT2D eigenvalue weighted by Crippen LogP contribution is 2.30. The number of piperidine rings is 1. The van der Waals surface area contributed by atoms with Crippen LogP contribution in [0.25, 0.3) is 12.2 Å². The van der Waals surface area contributed by atoms with Crippen LogP contribution >= 0.6 is 0 Å². The van der Waals surface area contributed by atoms with Gasteiger partial charge in [0.15, 0.2) is 0 Å². The molecule has 2 aromatic carbocycles. The van der Waals surface area contributed by atoms with Gasteiger partial charge < -0.3 is 20.9 Å². The molecule has 2 unspecified atom stereocenters. The molecule has 0 aromatic heterocycles. The molecule has 2 aliphatic rings. The Morgan fingerprint density at radius 3 is 2.46 bits per heavy atom. The number of carbonyl (C=O) groups excluding carboxylic acids is 3. The highest BCUT2D eigenvalue weighted by atomic mass is 16.2. The molecule has 2 aromatic rings. The molecule has 2 aliphatic heterocycles. The summed E-state index contributed by atoms with van der Waals surface area (Å²) in [6.45, 7) is 7.21. The summed E-state index contributed by atoms with van der Waals surface area (Å²) in [5, 5.41) is 8.70. The number of anilines is 1. The average Bonchev–Trinajstić information content (AvgIpc) is 2.92. The molecule has 0 radical (unpaired) electrons. The standard InChI is InChI=1S/C28H34N4O3/c1-28(2,3)20-10-7-18(8-11-20)5-6-19-9-12-23-22(15-19)27(35)32-14-13-21(30-25(33)17-29-4)16-24(32)26(34)31-23/h5-12,15,21,24,29H,13-14,16-17H2,1-4H3,(H,30,33)(H,31,34). The third-order valence-corrected chi connectivity index (χ3v) is 6.65. The van der Waals surface area contributed by atoms with E-state index in [0.29, 0.717) is 30.6 Å². The van der Waals surface area contributed by atoms with Gasteiger partial charge in [-0.15, -0.1) is 0 Å². The fourth-order valence-corrected chi connectivity index (χ4v) is 4.64. The van der Waals surface area contributed by atoms with Gasteiger partial charge in [-0.25, -0.2) is 0 Å². The van der Waals surface area contributed by atoms with E-state index in [9.17, 15) is 14.4 Å². The maximum Gasteiger partial charge on any atom is 0.256 e. The van der Waals surface area contributed by atoms with Crippen LogP contribution in [-0.4, -0.2) is 54.8 Å². The molecule has 1 saturated heterocycles. The molecule has 1 fully saturated rings. The Bertz CT molecular complexity index is 1150. The van der Waals surface area contributed by atoms with Gasteiger partial charge in [0.05, 0.1) is 17.8 Å². The molecule has 184 valence electrons. The van der Waals surface area contributed by atoms with Crippen molar-refractivity contribution in [3.8, 4) is 0 Å². The van der Waals surface area contributed by atoms with E-state index in [1.807, 2.05) is 24.3 Å². The first-order valence-electron chi connectivity index (χ1n) is 12.1. The van der Waals surface area contributed by atoms with E-state index < -0.39 is 6.04 Å². The van der Waals surface area contributed by atoms with Crippen LogP contribution < -0.4 is 16.0 Å². The van der Waals surface area contributed by atoms with Crippen molar-refractivity contribution in [2.75, 3.05) is 25.5 Å². The van der Waals surface area contributed by atoms with Crippen molar-refractivity contribution in [1.29, 1.82) is 0 Å². The fraction of sp³-hybridized carbons (Fsp3) is 0.393. The Morgan fingerprint density at radius 2 is 1.77 bits per heavy atom. The normalized spacial score (nSPS) is 20.2. The van der Waals surface area contributed by atoms with E-state index in [1.54, 1.807) is 18.0 Å². The summed E-state index contributed by atoms with van der Waals surface area (Å²) in [5.74, 6) is -0.487. The summed E-state index contributed by atoms with van der Waals surface area (Å²) in [5.41, 5.74) is 4.37. The number of benzene rings is 2. The Kier molecular flexibility index (Phi) is 7.08. The molecule has 0 aliphatic carbocycles. The molecule has 3 N–H and O–H groups in total. The van der Waals surface area contributed by atoms with Crippen molar-refractivity contribution in [3.63, 3.8) is 0 Å². The molecule has 0 spiro atoms. The molecular formula is C28H34N4O3. The van der Waals surface area contributed by atoms with Crippen LogP contribution in [0.1, 0.15) is 60.7 Å². The van der Waals surface area contributed by atoms with Crippen LogP contribution in [-0.2, 0) is 15.0 Å². The minimum Gasteiger partial charge on any atom is -0.352 e. The monoisotopic (exact) mass is 474 g/mol. The summed E-state index contributed by atoms with van der Waals surface area (Å²) >= 11 is 0. The van der Waals surface area contributed by atoms with Crippen LogP contribution in [0.5, 0.6) is 0 Å². The number of amides is 3. The molecule has 2 heterocycles. The van der Waals surface area contributed by atoms with Gasteiger partial charge in [-0.2, -0.15) is 0 Å². The van der Waals surface area contributed by atoms with Crippen molar-refractivity contribution < 1.29 is 14.4 Å². The van der Waals surface area contributed by atoms with E-state index in [-0.39, 0.29) is 35.7 Å². The molecule has 2 atom stereocenters. The highest BCUT2D eigenvalue weighted by Gasteiger charge is 2.40. The number of rotatable bonds is 5. The first kappa shape index (κ1) is 24.7. The number of fused-ring (bicyclic) bond motifs is 2. The van der Waals surface area contributed by atoms with Crippen molar-refractivity contribution in [3.05, 3.63) is 64.7 Å². The quantitative estimate of drug-likeness (QED) is 0.580. The highest BCUT2D eigenvalue weighted by molar-refractivity contribution is 6.10. The number of nitrogens with one attached hydrogen (secondary N) is 3. The number of likely N-dealkylation sites (N-methyl/N-ethyl adjacent to an activating group) is 1. The Balaban J connectivity index is 1.51. The number of nitrogens with zero attached hydrogens (tertiary/aromatic N) is 1. The smallest absolute Gasteiger partial charge is 0.256 e. The van der Waals surface area contributed by atoms with Crippen LogP contribution in [0.15, 0.2) is 42.5 Å². The Hall–Kier alpha value is -3.45. The zero-order valence-electron chi connectivity index (χ0n) is 20.9. The molecular weight excluding hydrogens is 440 g/mol. The largest absolute Gasteiger partial charge is 0.352 e. The van der Waals surface area contributed by atoms with Crippen molar-refractivity contribution in [2.24, 2.45) is 0 Å². The molecule has 7 heteroatoms. The van der Waals surface area contributed by atoms with Gasteiger partial charge in [0.2, 0.25) is 11.8 Å². The summed E-state index contributed by atoms with van der Waals surface area (Å²) in [6.07, 6.45) is 5.02. The number of hydrogen-bond donors (Lipinski definition) is 3. The molecule has 35 heavy (non-hydrogen) atoms. The lowest BCUT2D eigenvalue weighted by atomic mass is 9.87. The van der Waals surface area contributed by atoms with Gasteiger partial charge >= 0.3 is 0 Å². The predicted octanol–water partition coefficient (Wildman–Crippen LogP) is 3.42. The van der Waals surface area contributed by atoms with Gasteiger partial charge in [0.25, 0.3) is 5.91 Å². The summed E-state index contributed by atoms with van der Waals surface area (Å²) in [4.78, 5) is 40.0. The van der Waals surface area contributed by atoms with E-state index >= 15 is 0 Å². The van der Waals surface area contributed by atoms with Crippen molar-refractivity contribution >= 4 is 35.6 Å². The Morgan fingerprint density at radius 1 is 1.09 bits per heavy atom. The van der Waals surface area contributed by atoms with E-state index in [0.717, 1.165) is 11.1 Å². The number of carbonyl (C=O) groups is 3. The lowest BCUT2D eigenvalue weighted by molar-refractivity contribution is -0.124. The second-order valence-corrected chi connectivity index (χ2v) is 10.3. The second kappa shape index (κ2) is 10.0. The van der Waals surface area contributed by atoms with E-state index in [4.69, 9.17) is 0 Å². The zero-order valence-corrected chi connectivity index (χ0v) is 20.9. The van der Waals surface area contributed by atoms with Gasteiger partial charge in [0, 0.05) is 12.6 Å². The predicted molar refractivity (Wildman–Crippen MR) is 139 cm³/mol. The Labute approximate surface area is 207 Å². The van der Waals surface area contributed by atoms with Crippen LogP contribution in [0.2, 0.25) is 0 Å². The SMILES string of the molecule is CNCC(=O)NC1CCN2C(=O)c3cc(C=Cc4ccc(C(C)(C)C)cc4)ccc3NC(=O)C2C1. The van der Waals surface area contributed by atoms with Gasteiger partial charge in [0.1, 0.15) is 6.04 Å². The summed E-state index contributed by atoms with van der Waals surface area (Å²) in [7, 11) is 1.71. The van der Waals surface area contributed by atoms with Gasteiger partial charge in [-0.05, 0) is 54.1 Å². The lowest BCUT2D eigenvalue weighted by Gasteiger charge is -2.37. The first-order chi connectivity index (χ1) is 16.7. The topological polar surface area (TPSA) is 90.5 Å². The van der Waals surface area contributed by atoms with Gasteiger partial charge in [-0.1, -0.05) is 63.3 Å². The average molecular weight is 475 g/mol. The summed E-state index contributed by atoms with van der Waals surface area (Å²) < 4.78 is 0. The molecule has 7 nitrogen and oxygen atoms in total. The van der Waals surface area contributed by atoms with Crippen LogP contribution in [0.4, 0.5) is 5.69 Å². The molecule has 0 bridgehead atoms. The second-order valence-electron chi connectivity index (χ2n) is 10.3. The van der Waals surface area contributed by atoms with Crippen molar-refractivity contribution in [1.82, 2.24) is 15.5 Å². The number of hydrogen-bond acceptors (Lipinski definition) is 4. The third-order valence-electron chi connectivity index (χ3n) is 6.65.